The van der Waals surface area contributed by atoms with Gasteiger partial charge in [-0.05, 0) is 48.1 Å². The van der Waals surface area contributed by atoms with Gasteiger partial charge in [0.2, 0.25) is 0 Å². The quantitative estimate of drug-likeness (QED) is 0.864. The Balaban J connectivity index is 1.30. The van der Waals surface area contributed by atoms with Gasteiger partial charge in [0.05, 0.1) is 0 Å². The molecule has 2 aliphatic rings. The van der Waals surface area contributed by atoms with Crippen LogP contribution in [0.2, 0.25) is 0 Å². The van der Waals surface area contributed by atoms with E-state index in [1.165, 1.54) is 44.0 Å². The molecule has 22 heavy (non-hydrogen) atoms. The summed E-state index contributed by atoms with van der Waals surface area (Å²) < 4.78 is 0. The topological polar surface area (TPSA) is 19.4 Å². The lowest BCUT2D eigenvalue weighted by molar-refractivity contribution is 0.320. The van der Waals surface area contributed by atoms with Gasteiger partial charge < -0.3 is 9.80 Å². The van der Waals surface area contributed by atoms with Crippen LogP contribution in [0, 0.1) is 11.8 Å². The first-order chi connectivity index (χ1) is 10.9. The number of para-hydroxylation sites is 1. The summed E-state index contributed by atoms with van der Waals surface area (Å²) in [6.07, 6.45) is 4.93. The molecule has 2 aliphatic heterocycles. The van der Waals surface area contributed by atoms with E-state index in [4.69, 9.17) is 0 Å². The van der Waals surface area contributed by atoms with Crippen molar-refractivity contribution >= 4 is 5.69 Å². The second-order valence-corrected chi connectivity index (χ2v) is 6.63. The first kappa shape index (κ1) is 13.8. The number of rotatable bonds is 4. The maximum atomic E-state index is 4.09. The SMILES string of the molecule is c1ccc(N2CC3CN(CCc4ccncc4)CC3C2)cc1. The molecule has 0 bridgehead atoms. The minimum Gasteiger partial charge on any atom is -0.371 e. The van der Waals surface area contributed by atoms with Crippen LogP contribution in [-0.4, -0.2) is 42.6 Å². The summed E-state index contributed by atoms with van der Waals surface area (Å²) in [6, 6.07) is 15.1. The van der Waals surface area contributed by atoms with E-state index in [0.29, 0.717) is 0 Å². The number of anilines is 1. The summed E-state index contributed by atoms with van der Waals surface area (Å²) in [4.78, 5) is 9.31. The Bertz CT molecular complexity index is 585. The van der Waals surface area contributed by atoms with Gasteiger partial charge >= 0.3 is 0 Å². The summed E-state index contributed by atoms with van der Waals surface area (Å²) in [5, 5.41) is 0. The van der Waals surface area contributed by atoms with Gasteiger partial charge in [-0.25, -0.2) is 0 Å². The number of hydrogen-bond acceptors (Lipinski definition) is 3. The van der Waals surface area contributed by atoms with Gasteiger partial charge in [0.1, 0.15) is 0 Å². The molecule has 2 fully saturated rings. The summed E-state index contributed by atoms with van der Waals surface area (Å²) >= 11 is 0. The third-order valence-electron chi connectivity index (χ3n) is 5.15. The zero-order chi connectivity index (χ0) is 14.8. The fourth-order valence-corrected chi connectivity index (χ4v) is 3.96. The minimum atomic E-state index is 0.845. The lowest BCUT2D eigenvalue weighted by atomic mass is 10.0. The highest BCUT2D eigenvalue weighted by molar-refractivity contribution is 5.47. The maximum absolute atomic E-state index is 4.09. The maximum Gasteiger partial charge on any atom is 0.0366 e. The Labute approximate surface area is 132 Å². The molecular formula is C19H23N3. The van der Waals surface area contributed by atoms with Crippen molar-refractivity contribution in [3.05, 3.63) is 60.4 Å². The summed E-state index contributed by atoms with van der Waals surface area (Å²) in [5.74, 6) is 1.69. The molecule has 0 spiro atoms. The fourth-order valence-electron chi connectivity index (χ4n) is 3.96. The molecule has 3 heterocycles. The smallest absolute Gasteiger partial charge is 0.0366 e. The van der Waals surface area contributed by atoms with Crippen molar-refractivity contribution in [2.45, 2.75) is 6.42 Å². The van der Waals surface area contributed by atoms with Crippen molar-refractivity contribution in [3.8, 4) is 0 Å². The van der Waals surface area contributed by atoms with Crippen molar-refractivity contribution in [1.82, 2.24) is 9.88 Å². The van der Waals surface area contributed by atoms with Crippen LogP contribution >= 0.6 is 0 Å². The van der Waals surface area contributed by atoms with Crippen molar-refractivity contribution < 1.29 is 0 Å². The Kier molecular flexibility index (Phi) is 3.81. The van der Waals surface area contributed by atoms with Gasteiger partial charge in [0.25, 0.3) is 0 Å². The van der Waals surface area contributed by atoms with Crippen LogP contribution < -0.4 is 4.90 Å². The average molecular weight is 293 g/mol. The zero-order valence-corrected chi connectivity index (χ0v) is 12.9. The Morgan fingerprint density at radius 3 is 2.23 bits per heavy atom. The van der Waals surface area contributed by atoms with E-state index >= 15 is 0 Å². The zero-order valence-electron chi connectivity index (χ0n) is 12.9. The number of pyridine rings is 1. The molecule has 3 nitrogen and oxygen atoms in total. The van der Waals surface area contributed by atoms with Crippen LogP contribution in [0.15, 0.2) is 54.9 Å². The van der Waals surface area contributed by atoms with E-state index in [-0.39, 0.29) is 0 Å². The number of fused-ring (bicyclic) bond motifs is 1. The second kappa shape index (κ2) is 6.09. The van der Waals surface area contributed by atoms with Crippen molar-refractivity contribution in [2.75, 3.05) is 37.6 Å². The molecule has 0 radical (unpaired) electrons. The lowest BCUT2D eigenvalue weighted by Crippen LogP contribution is -2.30. The largest absolute Gasteiger partial charge is 0.371 e. The predicted molar refractivity (Wildman–Crippen MR) is 90.0 cm³/mol. The standard InChI is InChI=1S/C19H23N3/c1-2-4-19(5-3-1)22-14-17-12-21(13-18(17)15-22)11-8-16-6-9-20-10-7-16/h1-7,9-10,17-18H,8,11-15H2. The van der Waals surface area contributed by atoms with Gasteiger partial charge in [0, 0.05) is 50.8 Å². The molecule has 0 N–H and O–H groups in total. The van der Waals surface area contributed by atoms with E-state index in [0.717, 1.165) is 18.3 Å². The van der Waals surface area contributed by atoms with Gasteiger partial charge in [-0.2, -0.15) is 0 Å². The summed E-state index contributed by atoms with van der Waals surface area (Å²) in [5.41, 5.74) is 2.79. The Morgan fingerprint density at radius 2 is 1.55 bits per heavy atom. The molecule has 1 aromatic heterocycles. The van der Waals surface area contributed by atoms with E-state index in [1.807, 2.05) is 12.4 Å². The Hall–Kier alpha value is -1.87. The minimum absolute atomic E-state index is 0.845. The first-order valence-corrected chi connectivity index (χ1v) is 8.30. The number of hydrogen-bond donors (Lipinski definition) is 0. The third kappa shape index (κ3) is 2.86. The molecule has 2 atom stereocenters. The highest BCUT2D eigenvalue weighted by Crippen LogP contribution is 2.33. The lowest BCUT2D eigenvalue weighted by Gasteiger charge is -2.23. The number of nitrogens with zero attached hydrogens (tertiary/aromatic N) is 3. The molecule has 2 unspecified atom stereocenters. The number of aromatic nitrogens is 1. The van der Waals surface area contributed by atoms with Crippen LogP contribution in [0.5, 0.6) is 0 Å². The molecule has 114 valence electrons. The average Bonchev–Trinajstić information content (AvgIpc) is 3.13. The van der Waals surface area contributed by atoms with Crippen LogP contribution in [-0.2, 0) is 6.42 Å². The molecule has 0 saturated carbocycles. The van der Waals surface area contributed by atoms with Crippen LogP contribution in [0.25, 0.3) is 0 Å². The van der Waals surface area contributed by atoms with E-state index in [9.17, 15) is 0 Å². The molecule has 4 rings (SSSR count). The van der Waals surface area contributed by atoms with Gasteiger partial charge in [0.15, 0.2) is 0 Å². The molecule has 0 aliphatic carbocycles. The second-order valence-electron chi connectivity index (χ2n) is 6.63. The van der Waals surface area contributed by atoms with Crippen LogP contribution in [0.4, 0.5) is 5.69 Å². The van der Waals surface area contributed by atoms with Gasteiger partial charge in [-0.15, -0.1) is 0 Å². The normalized spacial score (nSPS) is 24.6. The van der Waals surface area contributed by atoms with Crippen LogP contribution in [0.1, 0.15) is 5.56 Å². The molecule has 0 amide bonds. The fraction of sp³-hybridized carbons (Fsp3) is 0.421. The van der Waals surface area contributed by atoms with Gasteiger partial charge in [-0.3, -0.25) is 4.98 Å². The van der Waals surface area contributed by atoms with Gasteiger partial charge in [-0.1, -0.05) is 18.2 Å². The molecule has 2 saturated heterocycles. The third-order valence-corrected chi connectivity index (χ3v) is 5.15. The molecular weight excluding hydrogens is 270 g/mol. The molecule has 3 heteroatoms. The summed E-state index contributed by atoms with van der Waals surface area (Å²) in [7, 11) is 0. The van der Waals surface area contributed by atoms with Crippen molar-refractivity contribution in [2.24, 2.45) is 11.8 Å². The highest BCUT2D eigenvalue weighted by atomic mass is 15.2. The molecule has 1 aromatic carbocycles. The van der Waals surface area contributed by atoms with E-state index in [1.54, 1.807) is 0 Å². The van der Waals surface area contributed by atoms with E-state index in [2.05, 4.69) is 57.2 Å². The molecule has 2 aromatic rings. The number of likely N-dealkylation sites (tertiary alicyclic amines) is 1. The highest BCUT2D eigenvalue weighted by Gasteiger charge is 2.39. The Morgan fingerprint density at radius 1 is 0.864 bits per heavy atom. The predicted octanol–water partition coefficient (Wildman–Crippen LogP) is 2.69. The first-order valence-electron chi connectivity index (χ1n) is 8.30. The number of benzene rings is 1. The summed E-state index contributed by atoms with van der Waals surface area (Å²) in [6.45, 7) is 6.15. The monoisotopic (exact) mass is 293 g/mol. The van der Waals surface area contributed by atoms with Crippen LogP contribution in [0.3, 0.4) is 0 Å². The van der Waals surface area contributed by atoms with E-state index < -0.39 is 0 Å². The van der Waals surface area contributed by atoms with Crippen molar-refractivity contribution in [3.63, 3.8) is 0 Å². The van der Waals surface area contributed by atoms with Crippen molar-refractivity contribution in [1.29, 1.82) is 0 Å².